The average Bonchev–Trinajstić information content (AvgIpc) is 3.03. The molecule has 1 aromatic carbocycles. The number of ether oxygens (including phenoxy) is 1. The number of fused-ring (bicyclic) bond motifs is 1. The molecule has 6 nitrogen and oxygen atoms in total. The summed E-state index contributed by atoms with van der Waals surface area (Å²) in [7, 11) is 0. The third-order valence-electron chi connectivity index (χ3n) is 3.75. The van der Waals surface area contributed by atoms with E-state index in [9.17, 15) is 9.59 Å². The van der Waals surface area contributed by atoms with Crippen LogP contribution in [0.1, 0.15) is 23.0 Å². The average molecular weight is 337 g/mol. The van der Waals surface area contributed by atoms with Crippen molar-refractivity contribution >= 4 is 17.3 Å². The topological polar surface area (TPSA) is 72.7 Å². The van der Waals surface area contributed by atoms with Crippen molar-refractivity contribution in [2.24, 2.45) is 0 Å². The first-order valence-corrected chi connectivity index (χ1v) is 8.05. The highest BCUT2D eigenvalue weighted by Crippen LogP contribution is 2.12. The summed E-state index contributed by atoms with van der Waals surface area (Å²) in [5.41, 5.74) is 2.43. The molecular weight excluding hydrogens is 318 g/mol. The second kappa shape index (κ2) is 7.61. The number of imidazole rings is 1. The molecule has 3 rings (SSSR count). The number of amides is 1. The number of nitrogens with zero attached hydrogens (tertiary/aromatic N) is 2. The minimum absolute atomic E-state index is 0.00348. The monoisotopic (exact) mass is 337 g/mol. The van der Waals surface area contributed by atoms with Crippen LogP contribution in [0, 0.1) is 0 Å². The Morgan fingerprint density at radius 2 is 1.96 bits per heavy atom. The quantitative estimate of drug-likeness (QED) is 0.671. The van der Waals surface area contributed by atoms with E-state index in [0.29, 0.717) is 24.3 Å². The molecule has 0 aliphatic heterocycles. The molecule has 128 valence electrons. The smallest absolute Gasteiger partial charge is 0.257 e. The zero-order chi connectivity index (χ0) is 17.6. The minimum Gasteiger partial charge on any atom is -0.484 e. The molecule has 0 radical (unpaired) electrons. The predicted octanol–water partition coefficient (Wildman–Crippen LogP) is 2.27. The number of benzene rings is 1. The molecule has 2 aromatic heterocycles. The van der Waals surface area contributed by atoms with Crippen LogP contribution < -0.4 is 10.1 Å². The van der Waals surface area contributed by atoms with Gasteiger partial charge >= 0.3 is 0 Å². The highest BCUT2D eigenvalue weighted by atomic mass is 16.5. The van der Waals surface area contributed by atoms with E-state index in [2.05, 4.69) is 10.3 Å². The van der Waals surface area contributed by atoms with Crippen molar-refractivity contribution in [3.63, 3.8) is 0 Å². The molecule has 0 aliphatic rings. The summed E-state index contributed by atoms with van der Waals surface area (Å²) >= 11 is 0. The Morgan fingerprint density at radius 3 is 2.68 bits per heavy atom. The van der Waals surface area contributed by atoms with Gasteiger partial charge in [-0.15, -0.1) is 0 Å². The molecule has 1 amide bonds. The highest BCUT2D eigenvalue weighted by Gasteiger charge is 2.05. The molecule has 0 unspecified atom stereocenters. The number of rotatable bonds is 7. The first-order valence-electron chi connectivity index (χ1n) is 8.05. The fraction of sp³-hybridized carbons (Fsp3) is 0.211. The standard InChI is InChI=1S/C19H19N3O3/c1-14(23)15-5-7-17(8-6-15)25-13-19(24)20-10-9-16-12-22-11-3-2-4-18(22)21-16/h2-8,11-12H,9-10,13H2,1H3,(H,20,24). The van der Waals surface area contributed by atoms with Gasteiger partial charge in [0, 0.05) is 30.9 Å². The van der Waals surface area contributed by atoms with E-state index in [-0.39, 0.29) is 18.3 Å². The fourth-order valence-electron chi connectivity index (χ4n) is 2.42. The van der Waals surface area contributed by atoms with E-state index in [4.69, 9.17) is 4.74 Å². The molecule has 0 saturated heterocycles. The molecule has 0 saturated carbocycles. The summed E-state index contributed by atoms with van der Waals surface area (Å²) < 4.78 is 7.36. The Balaban J connectivity index is 1.42. The normalized spacial score (nSPS) is 10.6. The zero-order valence-corrected chi connectivity index (χ0v) is 13.9. The van der Waals surface area contributed by atoms with E-state index in [1.807, 2.05) is 35.0 Å². The Morgan fingerprint density at radius 1 is 1.16 bits per heavy atom. The number of hydrogen-bond donors (Lipinski definition) is 1. The zero-order valence-electron chi connectivity index (χ0n) is 13.9. The first kappa shape index (κ1) is 16.7. The molecule has 0 bridgehead atoms. The molecule has 2 heterocycles. The highest BCUT2D eigenvalue weighted by molar-refractivity contribution is 5.94. The fourth-order valence-corrected chi connectivity index (χ4v) is 2.42. The molecule has 6 heteroatoms. The third kappa shape index (κ3) is 4.44. The van der Waals surface area contributed by atoms with Gasteiger partial charge < -0.3 is 14.5 Å². The number of pyridine rings is 1. The Labute approximate surface area is 145 Å². The number of carbonyl (C=O) groups is 2. The van der Waals surface area contributed by atoms with Gasteiger partial charge in [-0.05, 0) is 43.3 Å². The summed E-state index contributed by atoms with van der Waals surface area (Å²) in [6, 6.07) is 12.5. The van der Waals surface area contributed by atoms with Gasteiger partial charge in [0.15, 0.2) is 12.4 Å². The van der Waals surface area contributed by atoms with Gasteiger partial charge in [-0.2, -0.15) is 0 Å². The van der Waals surface area contributed by atoms with Crippen LogP contribution in [0.2, 0.25) is 0 Å². The van der Waals surface area contributed by atoms with Crippen LogP contribution in [-0.2, 0) is 11.2 Å². The van der Waals surface area contributed by atoms with E-state index in [1.54, 1.807) is 24.3 Å². The lowest BCUT2D eigenvalue weighted by atomic mass is 10.1. The van der Waals surface area contributed by atoms with Gasteiger partial charge in [-0.25, -0.2) is 4.98 Å². The first-order chi connectivity index (χ1) is 12.1. The Kier molecular flexibility index (Phi) is 5.09. The van der Waals surface area contributed by atoms with Crippen LogP contribution in [0.15, 0.2) is 54.9 Å². The van der Waals surface area contributed by atoms with Crippen LogP contribution in [-0.4, -0.2) is 34.2 Å². The maximum atomic E-state index is 11.8. The number of hydrogen-bond acceptors (Lipinski definition) is 4. The van der Waals surface area contributed by atoms with Crippen LogP contribution >= 0.6 is 0 Å². The van der Waals surface area contributed by atoms with Gasteiger partial charge in [0.1, 0.15) is 11.4 Å². The number of nitrogens with one attached hydrogen (secondary N) is 1. The van der Waals surface area contributed by atoms with E-state index < -0.39 is 0 Å². The lowest BCUT2D eigenvalue weighted by Gasteiger charge is -2.07. The number of Topliss-reactive ketones (excluding diaryl/α,β-unsaturated/α-hetero) is 1. The van der Waals surface area contributed by atoms with Crippen molar-refractivity contribution in [2.75, 3.05) is 13.2 Å². The third-order valence-corrected chi connectivity index (χ3v) is 3.75. The number of ketones is 1. The lowest BCUT2D eigenvalue weighted by molar-refractivity contribution is -0.123. The van der Waals surface area contributed by atoms with Gasteiger partial charge in [0.2, 0.25) is 0 Å². The van der Waals surface area contributed by atoms with Crippen molar-refractivity contribution in [3.05, 3.63) is 66.1 Å². The van der Waals surface area contributed by atoms with E-state index in [0.717, 1.165) is 11.3 Å². The molecule has 0 aliphatic carbocycles. The SMILES string of the molecule is CC(=O)c1ccc(OCC(=O)NCCc2cn3ccccc3n2)cc1. The van der Waals surface area contributed by atoms with Crippen LogP contribution in [0.5, 0.6) is 5.75 Å². The summed E-state index contributed by atoms with van der Waals surface area (Å²) in [6.07, 6.45) is 4.55. The van der Waals surface area contributed by atoms with Gasteiger partial charge in [-0.3, -0.25) is 9.59 Å². The Bertz CT molecular complexity index is 851. The van der Waals surface area contributed by atoms with Crippen molar-refractivity contribution in [3.8, 4) is 5.75 Å². The van der Waals surface area contributed by atoms with Crippen molar-refractivity contribution < 1.29 is 14.3 Å². The summed E-state index contributed by atoms with van der Waals surface area (Å²) in [4.78, 5) is 27.5. The molecule has 0 atom stereocenters. The van der Waals surface area contributed by atoms with Crippen molar-refractivity contribution in [1.82, 2.24) is 14.7 Å². The Hall–Kier alpha value is -3.15. The van der Waals surface area contributed by atoms with Gasteiger partial charge in [0.25, 0.3) is 5.91 Å². The maximum absolute atomic E-state index is 11.8. The minimum atomic E-state index is -0.195. The van der Waals surface area contributed by atoms with Crippen molar-refractivity contribution in [2.45, 2.75) is 13.3 Å². The molecular formula is C19H19N3O3. The number of carbonyl (C=O) groups excluding carboxylic acids is 2. The second-order valence-electron chi connectivity index (χ2n) is 5.67. The second-order valence-corrected chi connectivity index (χ2v) is 5.67. The number of aromatic nitrogens is 2. The molecule has 1 N–H and O–H groups in total. The molecule has 3 aromatic rings. The summed E-state index contributed by atoms with van der Waals surface area (Å²) in [6.45, 7) is 1.94. The lowest BCUT2D eigenvalue weighted by Crippen LogP contribution is -2.30. The largest absolute Gasteiger partial charge is 0.484 e. The van der Waals surface area contributed by atoms with Gasteiger partial charge in [0.05, 0.1) is 5.69 Å². The van der Waals surface area contributed by atoms with Crippen LogP contribution in [0.25, 0.3) is 5.65 Å². The predicted molar refractivity (Wildman–Crippen MR) is 93.8 cm³/mol. The molecule has 0 fully saturated rings. The maximum Gasteiger partial charge on any atom is 0.257 e. The molecule has 0 spiro atoms. The van der Waals surface area contributed by atoms with E-state index >= 15 is 0 Å². The van der Waals surface area contributed by atoms with Crippen LogP contribution in [0.4, 0.5) is 0 Å². The van der Waals surface area contributed by atoms with Crippen LogP contribution in [0.3, 0.4) is 0 Å². The summed E-state index contributed by atoms with van der Waals surface area (Å²) in [5.74, 6) is 0.358. The van der Waals surface area contributed by atoms with Gasteiger partial charge in [-0.1, -0.05) is 6.07 Å². The summed E-state index contributed by atoms with van der Waals surface area (Å²) in [5, 5.41) is 2.81. The van der Waals surface area contributed by atoms with E-state index in [1.165, 1.54) is 6.92 Å². The van der Waals surface area contributed by atoms with Crippen molar-refractivity contribution in [1.29, 1.82) is 0 Å². The molecule has 25 heavy (non-hydrogen) atoms.